The lowest BCUT2D eigenvalue weighted by Gasteiger charge is -2.23. The van der Waals surface area contributed by atoms with Gasteiger partial charge in [0, 0.05) is 6.61 Å². The summed E-state index contributed by atoms with van der Waals surface area (Å²) >= 11 is 0. The van der Waals surface area contributed by atoms with Crippen molar-refractivity contribution in [3.05, 3.63) is 0 Å². The molecule has 0 spiro atoms. The third-order valence-electron chi connectivity index (χ3n) is 2.16. The zero-order valence-corrected chi connectivity index (χ0v) is 8.62. The molecule has 1 atom stereocenters. The quantitative estimate of drug-likeness (QED) is 0.524. The average Bonchev–Trinajstić information content (AvgIpc) is 2.27. The molecule has 0 saturated carbocycles. The van der Waals surface area contributed by atoms with Crippen LogP contribution in [0.25, 0.3) is 0 Å². The van der Waals surface area contributed by atoms with Gasteiger partial charge in [0.2, 0.25) is 11.8 Å². The standard InChI is InChI=1S/C9H17N3O3/c10-4-8(13)11-5-9(14)12-7-2-1-3-15-6-7/h7H,1-6,10H2,(H,11,13)(H,12,14). The van der Waals surface area contributed by atoms with Gasteiger partial charge in [0.15, 0.2) is 0 Å². The highest BCUT2D eigenvalue weighted by Gasteiger charge is 2.15. The van der Waals surface area contributed by atoms with Crippen LogP contribution in [0, 0.1) is 0 Å². The van der Waals surface area contributed by atoms with Gasteiger partial charge in [0.25, 0.3) is 0 Å². The molecule has 0 aromatic carbocycles. The van der Waals surface area contributed by atoms with E-state index in [2.05, 4.69) is 10.6 Å². The number of ether oxygens (including phenoxy) is 1. The lowest BCUT2D eigenvalue weighted by Crippen LogP contribution is -2.46. The lowest BCUT2D eigenvalue weighted by atomic mass is 10.1. The SMILES string of the molecule is NCC(=O)NCC(=O)NC1CCCOC1. The van der Waals surface area contributed by atoms with E-state index in [1.54, 1.807) is 0 Å². The fourth-order valence-corrected chi connectivity index (χ4v) is 1.38. The van der Waals surface area contributed by atoms with Crippen LogP contribution < -0.4 is 16.4 Å². The first-order chi connectivity index (χ1) is 7.22. The molecule has 4 N–H and O–H groups in total. The maximum atomic E-state index is 11.3. The molecule has 0 radical (unpaired) electrons. The zero-order chi connectivity index (χ0) is 11.1. The first-order valence-electron chi connectivity index (χ1n) is 5.06. The highest BCUT2D eigenvalue weighted by Crippen LogP contribution is 2.04. The van der Waals surface area contributed by atoms with E-state index in [9.17, 15) is 9.59 Å². The second kappa shape index (κ2) is 6.36. The van der Waals surface area contributed by atoms with Crippen LogP contribution in [-0.4, -0.2) is 44.2 Å². The summed E-state index contributed by atoms with van der Waals surface area (Å²) in [4.78, 5) is 22.1. The number of nitrogens with one attached hydrogen (secondary N) is 2. The third-order valence-corrected chi connectivity index (χ3v) is 2.16. The van der Waals surface area contributed by atoms with Crippen LogP contribution in [0.2, 0.25) is 0 Å². The van der Waals surface area contributed by atoms with Gasteiger partial charge in [-0.1, -0.05) is 0 Å². The van der Waals surface area contributed by atoms with Gasteiger partial charge in [-0.15, -0.1) is 0 Å². The van der Waals surface area contributed by atoms with Gasteiger partial charge in [-0.05, 0) is 12.8 Å². The second-order valence-electron chi connectivity index (χ2n) is 3.46. The number of nitrogens with two attached hydrogens (primary N) is 1. The van der Waals surface area contributed by atoms with Crippen molar-refractivity contribution in [2.75, 3.05) is 26.3 Å². The number of carbonyl (C=O) groups is 2. The van der Waals surface area contributed by atoms with E-state index in [-0.39, 0.29) is 30.9 Å². The Bertz CT molecular complexity index is 227. The van der Waals surface area contributed by atoms with Gasteiger partial charge in [-0.3, -0.25) is 9.59 Å². The summed E-state index contributed by atoms with van der Waals surface area (Å²) in [7, 11) is 0. The molecule has 1 aliphatic rings. The van der Waals surface area contributed by atoms with Crippen molar-refractivity contribution in [1.29, 1.82) is 0 Å². The third kappa shape index (κ3) is 4.75. The minimum Gasteiger partial charge on any atom is -0.379 e. The van der Waals surface area contributed by atoms with E-state index in [1.807, 2.05) is 0 Å². The van der Waals surface area contributed by atoms with E-state index in [0.29, 0.717) is 6.61 Å². The normalized spacial score (nSPS) is 20.7. The predicted octanol–water partition coefficient (Wildman–Crippen LogP) is -1.64. The van der Waals surface area contributed by atoms with Crippen molar-refractivity contribution in [3.63, 3.8) is 0 Å². The van der Waals surface area contributed by atoms with Crippen molar-refractivity contribution in [3.8, 4) is 0 Å². The molecule has 1 heterocycles. The molecule has 1 fully saturated rings. The monoisotopic (exact) mass is 215 g/mol. The Morgan fingerprint density at radius 2 is 2.20 bits per heavy atom. The first-order valence-corrected chi connectivity index (χ1v) is 5.06. The minimum absolute atomic E-state index is 0.0213. The Morgan fingerprint density at radius 3 is 2.80 bits per heavy atom. The van der Waals surface area contributed by atoms with E-state index >= 15 is 0 Å². The summed E-state index contributed by atoms with van der Waals surface area (Å²) in [5.41, 5.74) is 5.08. The van der Waals surface area contributed by atoms with Crippen LogP contribution in [0.5, 0.6) is 0 Å². The summed E-state index contributed by atoms with van der Waals surface area (Å²) in [6.45, 7) is 1.19. The fraction of sp³-hybridized carbons (Fsp3) is 0.778. The van der Waals surface area contributed by atoms with Crippen molar-refractivity contribution in [2.45, 2.75) is 18.9 Å². The van der Waals surface area contributed by atoms with Gasteiger partial charge in [0.05, 0.1) is 25.7 Å². The lowest BCUT2D eigenvalue weighted by molar-refractivity contribution is -0.126. The van der Waals surface area contributed by atoms with Crippen LogP contribution in [-0.2, 0) is 14.3 Å². The molecule has 0 aromatic rings. The van der Waals surface area contributed by atoms with Gasteiger partial charge in [0.1, 0.15) is 0 Å². The molecule has 0 bridgehead atoms. The maximum absolute atomic E-state index is 11.3. The molecule has 15 heavy (non-hydrogen) atoms. The summed E-state index contributed by atoms with van der Waals surface area (Å²) in [5.74, 6) is -0.530. The van der Waals surface area contributed by atoms with E-state index in [0.717, 1.165) is 19.4 Å². The van der Waals surface area contributed by atoms with E-state index < -0.39 is 0 Å². The molecular weight excluding hydrogens is 198 g/mol. The van der Waals surface area contributed by atoms with Crippen molar-refractivity contribution < 1.29 is 14.3 Å². The molecule has 1 rings (SSSR count). The van der Waals surface area contributed by atoms with Crippen molar-refractivity contribution in [1.82, 2.24) is 10.6 Å². The van der Waals surface area contributed by atoms with E-state index in [4.69, 9.17) is 10.5 Å². The Balaban J connectivity index is 2.14. The summed E-state index contributed by atoms with van der Waals surface area (Å²) in [6.07, 6.45) is 1.89. The van der Waals surface area contributed by atoms with Crippen molar-refractivity contribution in [2.24, 2.45) is 5.73 Å². The summed E-state index contributed by atoms with van der Waals surface area (Å²) in [5, 5.41) is 5.18. The molecule has 1 unspecified atom stereocenters. The Hall–Kier alpha value is -1.14. The highest BCUT2D eigenvalue weighted by molar-refractivity contribution is 5.85. The first kappa shape index (κ1) is 11.9. The topological polar surface area (TPSA) is 93.5 Å². The van der Waals surface area contributed by atoms with Crippen LogP contribution in [0.15, 0.2) is 0 Å². The van der Waals surface area contributed by atoms with Crippen LogP contribution >= 0.6 is 0 Å². The molecule has 0 aromatic heterocycles. The average molecular weight is 215 g/mol. The largest absolute Gasteiger partial charge is 0.379 e. The smallest absolute Gasteiger partial charge is 0.239 e. The van der Waals surface area contributed by atoms with E-state index in [1.165, 1.54) is 0 Å². The molecule has 6 heteroatoms. The van der Waals surface area contributed by atoms with Crippen LogP contribution in [0.4, 0.5) is 0 Å². The molecule has 0 aliphatic carbocycles. The molecule has 2 amide bonds. The molecule has 1 saturated heterocycles. The van der Waals surface area contributed by atoms with Gasteiger partial charge in [-0.25, -0.2) is 0 Å². The highest BCUT2D eigenvalue weighted by atomic mass is 16.5. The maximum Gasteiger partial charge on any atom is 0.239 e. The Labute approximate surface area is 88.5 Å². The van der Waals surface area contributed by atoms with Crippen molar-refractivity contribution >= 4 is 11.8 Å². The number of hydrogen-bond acceptors (Lipinski definition) is 4. The Morgan fingerprint density at radius 1 is 1.40 bits per heavy atom. The minimum atomic E-state index is -0.329. The zero-order valence-electron chi connectivity index (χ0n) is 8.62. The summed E-state index contributed by atoms with van der Waals surface area (Å²) in [6, 6.07) is 0.0704. The van der Waals surface area contributed by atoms with Gasteiger partial charge >= 0.3 is 0 Å². The van der Waals surface area contributed by atoms with Gasteiger partial charge < -0.3 is 21.1 Å². The fourth-order valence-electron chi connectivity index (χ4n) is 1.38. The molecule has 1 aliphatic heterocycles. The number of hydrogen-bond donors (Lipinski definition) is 3. The number of rotatable bonds is 4. The molecule has 86 valence electrons. The predicted molar refractivity (Wildman–Crippen MR) is 54.0 cm³/mol. The van der Waals surface area contributed by atoms with Crippen LogP contribution in [0.1, 0.15) is 12.8 Å². The van der Waals surface area contributed by atoms with Crippen LogP contribution in [0.3, 0.4) is 0 Å². The summed E-state index contributed by atoms with van der Waals surface area (Å²) < 4.78 is 5.21. The van der Waals surface area contributed by atoms with Gasteiger partial charge in [-0.2, -0.15) is 0 Å². The second-order valence-corrected chi connectivity index (χ2v) is 3.46. The Kier molecular flexibility index (Phi) is 5.06. The number of carbonyl (C=O) groups excluding carboxylic acids is 2. The number of amides is 2. The molecular formula is C9H17N3O3. The molecule has 6 nitrogen and oxygen atoms in total.